The smallest absolute Gasteiger partial charge is 0.341 e. The first kappa shape index (κ1) is 19.4. The molecule has 6 nitrogen and oxygen atoms in total. The molecule has 138 valence electrons. The van der Waals surface area contributed by atoms with Gasteiger partial charge in [0.05, 0.1) is 24.0 Å². The third-order valence-electron chi connectivity index (χ3n) is 4.68. The van der Waals surface area contributed by atoms with Crippen LogP contribution < -0.4 is 5.32 Å². The summed E-state index contributed by atoms with van der Waals surface area (Å²) in [4.78, 5) is 37.3. The van der Waals surface area contributed by atoms with Gasteiger partial charge in [0.1, 0.15) is 5.00 Å². The lowest BCUT2D eigenvalue weighted by molar-refractivity contribution is -0.147. The lowest BCUT2D eigenvalue weighted by atomic mass is 9.79. The normalized spacial score (nSPS) is 20.1. The van der Waals surface area contributed by atoms with Crippen LogP contribution >= 0.6 is 11.3 Å². The molecule has 1 amide bonds. The van der Waals surface area contributed by atoms with Crippen LogP contribution in [0, 0.1) is 25.7 Å². The molecule has 1 fully saturated rings. The highest BCUT2D eigenvalue weighted by Gasteiger charge is 2.36. The third kappa shape index (κ3) is 4.39. The van der Waals surface area contributed by atoms with Crippen LogP contribution in [0.5, 0.6) is 0 Å². The molecule has 1 heterocycles. The minimum atomic E-state index is -0.930. The van der Waals surface area contributed by atoms with Gasteiger partial charge < -0.3 is 15.2 Å². The summed E-state index contributed by atoms with van der Waals surface area (Å²) in [5.41, 5.74) is 1.17. The van der Waals surface area contributed by atoms with Crippen molar-refractivity contribution in [2.75, 3.05) is 11.9 Å². The van der Waals surface area contributed by atoms with Crippen molar-refractivity contribution in [1.29, 1.82) is 0 Å². The Morgan fingerprint density at radius 1 is 1.20 bits per heavy atom. The molecule has 0 saturated heterocycles. The summed E-state index contributed by atoms with van der Waals surface area (Å²) >= 11 is 1.32. The number of anilines is 1. The van der Waals surface area contributed by atoms with Gasteiger partial charge in [-0.1, -0.05) is 19.8 Å². The Hall–Kier alpha value is -1.89. The van der Waals surface area contributed by atoms with E-state index in [1.165, 1.54) is 11.3 Å². The zero-order valence-electron chi connectivity index (χ0n) is 14.9. The van der Waals surface area contributed by atoms with Crippen molar-refractivity contribution in [3.05, 3.63) is 16.0 Å². The number of rotatable bonds is 6. The number of carboxylic acids is 1. The van der Waals surface area contributed by atoms with Crippen LogP contribution in [0.3, 0.4) is 0 Å². The summed E-state index contributed by atoms with van der Waals surface area (Å²) in [6.07, 6.45) is 3.46. The molecule has 1 aliphatic carbocycles. The molecule has 1 saturated carbocycles. The summed E-state index contributed by atoms with van der Waals surface area (Å²) in [7, 11) is 0. The molecular formula is C18H25NO5S. The first-order valence-corrected chi connectivity index (χ1v) is 9.49. The Morgan fingerprint density at radius 3 is 2.44 bits per heavy atom. The monoisotopic (exact) mass is 367 g/mol. The summed E-state index contributed by atoms with van der Waals surface area (Å²) in [6.45, 7) is 5.94. The van der Waals surface area contributed by atoms with Crippen molar-refractivity contribution in [3.63, 3.8) is 0 Å². The first-order chi connectivity index (χ1) is 11.9. The largest absolute Gasteiger partial charge is 0.481 e. The number of ether oxygens (including phenoxy) is 1. The summed E-state index contributed by atoms with van der Waals surface area (Å²) in [5.74, 6) is -2.92. The topological polar surface area (TPSA) is 92.7 Å². The van der Waals surface area contributed by atoms with Gasteiger partial charge in [0.15, 0.2) is 0 Å². The van der Waals surface area contributed by atoms with E-state index in [0.29, 0.717) is 30.0 Å². The van der Waals surface area contributed by atoms with Crippen molar-refractivity contribution in [3.8, 4) is 0 Å². The summed E-state index contributed by atoms with van der Waals surface area (Å²) in [6, 6.07) is 0. The lowest BCUT2D eigenvalue weighted by Crippen LogP contribution is -2.36. The Labute approximate surface area is 151 Å². The lowest BCUT2D eigenvalue weighted by Gasteiger charge is -2.27. The van der Waals surface area contributed by atoms with E-state index in [-0.39, 0.29) is 5.91 Å². The highest BCUT2D eigenvalue weighted by atomic mass is 32.1. The number of aryl methyl sites for hydroxylation is 1. The SMILES string of the molecule is CCCOC(=O)c1c(NC(=O)[C@H]2CCCC[C@@H]2C(=O)O)sc(C)c1C. The molecule has 0 spiro atoms. The van der Waals surface area contributed by atoms with E-state index in [1.807, 2.05) is 20.8 Å². The second-order valence-electron chi connectivity index (χ2n) is 6.45. The minimum Gasteiger partial charge on any atom is -0.481 e. The zero-order chi connectivity index (χ0) is 18.6. The number of hydrogen-bond donors (Lipinski definition) is 2. The van der Waals surface area contributed by atoms with Crippen LogP contribution in [-0.2, 0) is 14.3 Å². The van der Waals surface area contributed by atoms with Gasteiger partial charge in [-0.15, -0.1) is 11.3 Å². The minimum absolute atomic E-state index is 0.321. The van der Waals surface area contributed by atoms with Crippen LogP contribution in [0.1, 0.15) is 59.8 Å². The van der Waals surface area contributed by atoms with Crippen LogP contribution in [0.25, 0.3) is 0 Å². The Morgan fingerprint density at radius 2 is 1.84 bits per heavy atom. The van der Waals surface area contributed by atoms with Crippen molar-refractivity contribution in [2.45, 2.75) is 52.9 Å². The predicted octanol–water partition coefficient (Wildman–Crippen LogP) is 3.76. The van der Waals surface area contributed by atoms with Gasteiger partial charge in [0, 0.05) is 4.88 Å². The zero-order valence-corrected chi connectivity index (χ0v) is 15.7. The number of hydrogen-bond acceptors (Lipinski definition) is 5. The Bertz CT molecular complexity index is 667. The molecule has 1 aromatic heterocycles. The van der Waals surface area contributed by atoms with Crippen molar-refractivity contribution in [2.24, 2.45) is 11.8 Å². The number of thiophene rings is 1. The van der Waals surface area contributed by atoms with Crippen LogP contribution in [0.2, 0.25) is 0 Å². The molecule has 2 N–H and O–H groups in total. The maximum absolute atomic E-state index is 12.7. The van der Waals surface area contributed by atoms with Crippen LogP contribution in [-0.4, -0.2) is 29.6 Å². The van der Waals surface area contributed by atoms with E-state index in [2.05, 4.69) is 5.32 Å². The summed E-state index contributed by atoms with van der Waals surface area (Å²) in [5, 5.41) is 12.6. The average molecular weight is 367 g/mol. The quantitative estimate of drug-likeness (QED) is 0.747. The maximum Gasteiger partial charge on any atom is 0.341 e. The average Bonchev–Trinajstić information content (AvgIpc) is 2.86. The number of aliphatic carboxylic acids is 1. The Kier molecular flexibility index (Phi) is 6.58. The maximum atomic E-state index is 12.7. The predicted molar refractivity (Wildman–Crippen MR) is 96.1 cm³/mol. The van der Waals surface area contributed by atoms with E-state index in [0.717, 1.165) is 29.7 Å². The molecule has 0 aliphatic heterocycles. The highest BCUT2D eigenvalue weighted by molar-refractivity contribution is 7.16. The van der Waals surface area contributed by atoms with Crippen molar-refractivity contribution < 1.29 is 24.2 Å². The fourth-order valence-corrected chi connectivity index (χ4v) is 4.22. The third-order valence-corrected chi connectivity index (χ3v) is 5.81. The first-order valence-electron chi connectivity index (χ1n) is 8.67. The molecule has 2 rings (SSSR count). The van der Waals surface area contributed by atoms with Crippen molar-refractivity contribution in [1.82, 2.24) is 0 Å². The molecular weight excluding hydrogens is 342 g/mol. The number of amides is 1. The van der Waals surface area contributed by atoms with Gasteiger partial charge >= 0.3 is 11.9 Å². The van der Waals surface area contributed by atoms with Gasteiger partial charge in [-0.25, -0.2) is 4.79 Å². The number of esters is 1. The van der Waals surface area contributed by atoms with Gasteiger partial charge in [-0.2, -0.15) is 0 Å². The van der Waals surface area contributed by atoms with E-state index in [9.17, 15) is 19.5 Å². The van der Waals surface area contributed by atoms with E-state index in [1.54, 1.807) is 0 Å². The highest BCUT2D eigenvalue weighted by Crippen LogP contribution is 2.36. The molecule has 1 aromatic rings. The number of carbonyl (C=O) groups excluding carboxylic acids is 2. The molecule has 0 unspecified atom stereocenters. The van der Waals surface area contributed by atoms with Gasteiger partial charge in [-0.3, -0.25) is 9.59 Å². The second-order valence-corrected chi connectivity index (χ2v) is 7.67. The number of carbonyl (C=O) groups is 3. The van der Waals surface area contributed by atoms with Gasteiger partial charge in [0.25, 0.3) is 0 Å². The van der Waals surface area contributed by atoms with Crippen molar-refractivity contribution >= 4 is 34.2 Å². The molecule has 0 radical (unpaired) electrons. The second kappa shape index (κ2) is 8.47. The van der Waals surface area contributed by atoms with E-state index >= 15 is 0 Å². The van der Waals surface area contributed by atoms with E-state index < -0.39 is 23.8 Å². The standard InChI is InChI=1S/C18H25NO5S/c1-4-9-24-18(23)14-10(2)11(3)25-16(14)19-15(20)12-7-5-6-8-13(12)17(21)22/h12-13H,4-9H2,1-3H3,(H,19,20)(H,21,22)/t12-,13-/m0/s1. The number of carboxylic acid groups (broad SMARTS) is 1. The molecule has 0 aromatic carbocycles. The molecule has 1 aliphatic rings. The molecule has 25 heavy (non-hydrogen) atoms. The fourth-order valence-electron chi connectivity index (χ4n) is 3.17. The molecule has 2 atom stereocenters. The van der Waals surface area contributed by atoms with Crippen LogP contribution in [0.15, 0.2) is 0 Å². The fraction of sp³-hybridized carbons (Fsp3) is 0.611. The van der Waals surface area contributed by atoms with E-state index in [4.69, 9.17) is 4.74 Å². The summed E-state index contributed by atoms with van der Waals surface area (Å²) < 4.78 is 5.22. The van der Waals surface area contributed by atoms with Crippen LogP contribution in [0.4, 0.5) is 5.00 Å². The molecule has 0 bridgehead atoms. The van der Waals surface area contributed by atoms with Gasteiger partial charge in [-0.05, 0) is 38.7 Å². The van der Waals surface area contributed by atoms with Gasteiger partial charge in [0.2, 0.25) is 5.91 Å². The molecule has 7 heteroatoms. The Balaban J connectivity index is 2.21. The number of nitrogens with one attached hydrogen (secondary N) is 1.